The Labute approximate surface area is 234 Å². The van der Waals surface area contributed by atoms with Crippen LogP contribution in [0.5, 0.6) is 5.75 Å². The van der Waals surface area contributed by atoms with Crippen molar-refractivity contribution in [1.82, 2.24) is 14.8 Å². The molecule has 39 heavy (non-hydrogen) atoms. The third kappa shape index (κ3) is 6.52. The molecule has 1 aromatic heterocycles. The van der Waals surface area contributed by atoms with Gasteiger partial charge in [0, 0.05) is 81.1 Å². The summed E-state index contributed by atoms with van der Waals surface area (Å²) in [4.78, 5) is 23.9. The van der Waals surface area contributed by atoms with Crippen molar-refractivity contribution in [2.75, 3.05) is 50.1 Å². The van der Waals surface area contributed by atoms with Crippen LogP contribution >= 0.6 is 11.6 Å². The van der Waals surface area contributed by atoms with Gasteiger partial charge in [0.2, 0.25) is 6.41 Å². The first-order valence-corrected chi connectivity index (χ1v) is 13.2. The zero-order chi connectivity index (χ0) is 28.3. The van der Waals surface area contributed by atoms with E-state index in [2.05, 4.69) is 35.6 Å². The number of nitrogens with zero attached hydrogens (tertiary/aromatic N) is 5. The van der Waals surface area contributed by atoms with E-state index in [9.17, 15) is 14.3 Å². The average Bonchev–Trinajstić information content (AvgIpc) is 2.90. The molecule has 2 heterocycles. The number of hydrogen-bond donors (Lipinski definition) is 1. The number of phenols is 1. The van der Waals surface area contributed by atoms with Crippen LogP contribution in [0.3, 0.4) is 0 Å². The molecule has 2 aromatic carbocycles. The van der Waals surface area contributed by atoms with Crippen molar-refractivity contribution in [2.24, 2.45) is 0 Å². The van der Waals surface area contributed by atoms with Gasteiger partial charge >= 0.3 is 0 Å². The normalized spacial score (nSPS) is 14.6. The molecule has 206 valence electrons. The second kappa shape index (κ2) is 11.6. The molecule has 1 fully saturated rings. The number of hydrogen-bond acceptors (Lipinski definition) is 6. The lowest BCUT2D eigenvalue weighted by Gasteiger charge is -2.43. The van der Waals surface area contributed by atoms with Crippen LogP contribution in [-0.2, 0) is 4.79 Å². The zero-order valence-corrected chi connectivity index (χ0v) is 23.8. The van der Waals surface area contributed by atoms with E-state index in [0.29, 0.717) is 34.4 Å². The largest absolute Gasteiger partial charge is 0.507 e. The van der Waals surface area contributed by atoms with E-state index in [4.69, 9.17) is 11.6 Å². The molecular formula is C30H35ClFN5O2. The number of aromatic nitrogens is 1. The molecule has 0 aliphatic carbocycles. The van der Waals surface area contributed by atoms with Crippen LogP contribution in [0.15, 0.2) is 61.2 Å². The molecule has 0 spiro atoms. The predicted molar refractivity (Wildman–Crippen MR) is 157 cm³/mol. The fourth-order valence-corrected chi connectivity index (χ4v) is 4.96. The van der Waals surface area contributed by atoms with Gasteiger partial charge in [0.05, 0.1) is 22.6 Å². The number of carbonyl (C=O) groups is 1. The summed E-state index contributed by atoms with van der Waals surface area (Å²) in [5.41, 5.74) is 3.29. The first-order chi connectivity index (χ1) is 18.5. The minimum atomic E-state index is -0.495. The van der Waals surface area contributed by atoms with Gasteiger partial charge in [0.15, 0.2) is 0 Å². The minimum absolute atomic E-state index is 0.0727. The third-order valence-electron chi connectivity index (χ3n) is 6.88. The summed E-state index contributed by atoms with van der Waals surface area (Å²) in [5.74, 6) is -0.568. The molecule has 1 amide bonds. The van der Waals surface area contributed by atoms with Gasteiger partial charge in [-0.25, -0.2) is 4.39 Å². The maximum atomic E-state index is 14.9. The van der Waals surface area contributed by atoms with E-state index in [0.717, 1.165) is 31.9 Å². The molecule has 0 bridgehead atoms. The van der Waals surface area contributed by atoms with E-state index < -0.39 is 5.82 Å². The Morgan fingerprint density at radius 3 is 2.23 bits per heavy atom. The molecule has 1 aliphatic heterocycles. The molecule has 1 saturated heterocycles. The molecular weight excluding hydrogens is 517 g/mol. The number of piperazine rings is 1. The maximum absolute atomic E-state index is 14.9. The SMILES string of the molecule is CN(C)/C=C\N(C=O)c1ccc(-c2cc(F)cc(-c3cncc(N4CCN(C(C)(C)C)CC4)c3)c2O)cc1Cl. The molecule has 0 radical (unpaired) electrons. The van der Waals surface area contributed by atoms with Crippen molar-refractivity contribution >= 4 is 29.4 Å². The van der Waals surface area contributed by atoms with E-state index >= 15 is 0 Å². The summed E-state index contributed by atoms with van der Waals surface area (Å²) in [6.45, 7) is 10.2. The van der Waals surface area contributed by atoms with Gasteiger partial charge in [-0.3, -0.25) is 19.6 Å². The van der Waals surface area contributed by atoms with Crippen LogP contribution < -0.4 is 9.80 Å². The summed E-state index contributed by atoms with van der Waals surface area (Å²) in [5, 5.41) is 11.5. The van der Waals surface area contributed by atoms with Crippen molar-refractivity contribution < 1.29 is 14.3 Å². The van der Waals surface area contributed by atoms with Gasteiger partial charge in [-0.05, 0) is 56.7 Å². The number of rotatable bonds is 7. The molecule has 9 heteroatoms. The van der Waals surface area contributed by atoms with Gasteiger partial charge in [-0.1, -0.05) is 17.7 Å². The number of anilines is 2. The summed E-state index contributed by atoms with van der Waals surface area (Å²) < 4.78 is 14.9. The fourth-order valence-electron chi connectivity index (χ4n) is 4.68. The average molecular weight is 552 g/mol. The van der Waals surface area contributed by atoms with Crippen LogP contribution in [0.4, 0.5) is 15.8 Å². The quantitative estimate of drug-likeness (QED) is 0.373. The number of carbonyl (C=O) groups excluding carboxylic acids is 1. The predicted octanol–water partition coefficient (Wildman–Crippen LogP) is 5.83. The number of phenolic OH excluding ortho intramolecular Hbond substituents is 1. The zero-order valence-electron chi connectivity index (χ0n) is 23.0. The number of pyridine rings is 1. The molecule has 0 unspecified atom stereocenters. The molecule has 0 atom stereocenters. The Morgan fingerprint density at radius 1 is 0.974 bits per heavy atom. The molecule has 7 nitrogen and oxygen atoms in total. The van der Waals surface area contributed by atoms with Crippen molar-refractivity contribution in [2.45, 2.75) is 26.3 Å². The van der Waals surface area contributed by atoms with E-state index in [1.54, 1.807) is 47.9 Å². The Bertz CT molecular complexity index is 1360. The Hall–Kier alpha value is -3.62. The summed E-state index contributed by atoms with van der Waals surface area (Å²) in [7, 11) is 3.68. The van der Waals surface area contributed by atoms with Crippen LogP contribution in [0.2, 0.25) is 5.02 Å². The standard InChI is InChI=1S/C30H35ClFN5O2/c1-30(2,3)37-12-10-35(11-13-37)24-14-22(18-33-19-24)26-17-23(32)16-25(29(26)39)21-6-7-28(27(31)15-21)36(20-38)9-8-34(4)5/h6-9,14-20,39H,10-13H2,1-5H3/b9-8-. The molecule has 4 rings (SSSR count). The summed E-state index contributed by atoms with van der Waals surface area (Å²) in [6, 6.07) is 9.49. The van der Waals surface area contributed by atoms with E-state index in [1.807, 2.05) is 20.2 Å². The van der Waals surface area contributed by atoms with Crippen LogP contribution in [0, 0.1) is 5.82 Å². The van der Waals surface area contributed by atoms with Gasteiger partial charge in [-0.15, -0.1) is 0 Å². The van der Waals surface area contributed by atoms with Crippen molar-refractivity contribution in [1.29, 1.82) is 0 Å². The highest BCUT2D eigenvalue weighted by Crippen LogP contribution is 2.41. The Kier molecular flexibility index (Phi) is 8.47. The maximum Gasteiger partial charge on any atom is 0.218 e. The van der Waals surface area contributed by atoms with Gasteiger partial charge in [0.1, 0.15) is 11.6 Å². The Balaban J connectivity index is 1.64. The highest BCUT2D eigenvalue weighted by molar-refractivity contribution is 6.34. The topological polar surface area (TPSA) is 63.2 Å². The van der Waals surface area contributed by atoms with Crippen molar-refractivity contribution in [3.8, 4) is 28.0 Å². The highest BCUT2D eigenvalue weighted by Gasteiger charge is 2.26. The lowest BCUT2D eigenvalue weighted by molar-refractivity contribution is -0.106. The minimum Gasteiger partial charge on any atom is -0.507 e. The smallest absolute Gasteiger partial charge is 0.218 e. The monoisotopic (exact) mass is 551 g/mol. The first kappa shape index (κ1) is 28.4. The molecule has 3 aromatic rings. The molecule has 0 saturated carbocycles. The van der Waals surface area contributed by atoms with Crippen molar-refractivity contribution in [3.05, 3.63) is 72.0 Å². The van der Waals surface area contributed by atoms with Crippen LogP contribution in [-0.4, -0.2) is 72.1 Å². The van der Waals surface area contributed by atoms with E-state index in [1.165, 1.54) is 17.0 Å². The van der Waals surface area contributed by atoms with E-state index in [-0.39, 0.29) is 16.3 Å². The van der Waals surface area contributed by atoms with Gasteiger partial charge < -0.3 is 14.9 Å². The van der Waals surface area contributed by atoms with Crippen molar-refractivity contribution in [3.63, 3.8) is 0 Å². The number of benzene rings is 2. The first-order valence-electron chi connectivity index (χ1n) is 12.8. The number of aromatic hydroxyl groups is 1. The second-order valence-corrected chi connectivity index (χ2v) is 11.3. The molecule has 1 N–H and O–H groups in total. The lowest BCUT2D eigenvalue weighted by Crippen LogP contribution is -2.53. The second-order valence-electron chi connectivity index (χ2n) is 10.9. The Morgan fingerprint density at radius 2 is 1.64 bits per heavy atom. The third-order valence-corrected chi connectivity index (χ3v) is 7.18. The lowest BCUT2D eigenvalue weighted by atomic mass is 9.97. The highest BCUT2D eigenvalue weighted by atomic mass is 35.5. The van der Waals surface area contributed by atoms with Gasteiger partial charge in [-0.2, -0.15) is 0 Å². The summed E-state index contributed by atoms with van der Waals surface area (Å²) in [6.07, 6.45) is 7.39. The summed E-state index contributed by atoms with van der Waals surface area (Å²) >= 11 is 6.52. The number of halogens is 2. The van der Waals surface area contributed by atoms with Crippen LogP contribution in [0.25, 0.3) is 22.3 Å². The van der Waals surface area contributed by atoms with Gasteiger partial charge in [0.25, 0.3) is 0 Å². The fraction of sp³-hybridized carbons (Fsp3) is 0.333. The molecule has 1 aliphatic rings. The van der Waals surface area contributed by atoms with Crippen LogP contribution in [0.1, 0.15) is 20.8 Å². The number of amides is 1.